The molecule has 0 unspecified atom stereocenters. The van der Waals surface area contributed by atoms with Gasteiger partial charge in [0.1, 0.15) is 6.26 Å². The Hall–Kier alpha value is -3.48. The Morgan fingerprint density at radius 1 is 1.18 bits per heavy atom. The Morgan fingerprint density at radius 2 is 2.04 bits per heavy atom. The van der Waals surface area contributed by atoms with Gasteiger partial charge in [-0.2, -0.15) is 0 Å². The summed E-state index contributed by atoms with van der Waals surface area (Å²) in [4.78, 5) is 22.1. The number of carbonyl (C=O) groups excluding carboxylic acids is 1. The molecule has 1 aliphatic carbocycles. The minimum absolute atomic E-state index is 0.166. The quantitative estimate of drug-likeness (QED) is 0.586. The Labute approximate surface area is 160 Å². The van der Waals surface area contributed by atoms with Crippen molar-refractivity contribution < 1.29 is 13.7 Å². The van der Waals surface area contributed by atoms with Crippen LogP contribution < -0.4 is 5.32 Å². The zero-order valence-corrected chi connectivity index (χ0v) is 15.4. The number of aryl methyl sites for hydroxylation is 2. The van der Waals surface area contributed by atoms with Crippen LogP contribution in [0.1, 0.15) is 39.4 Å². The van der Waals surface area contributed by atoms with Gasteiger partial charge in [-0.15, -0.1) is 0 Å². The first-order valence-electron chi connectivity index (χ1n) is 9.26. The summed E-state index contributed by atoms with van der Waals surface area (Å²) in [5.41, 5.74) is 5.22. The molecule has 0 saturated carbocycles. The van der Waals surface area contributed by atoms with Gasteiger partial charge in [0, 0.05) is 11.3 Å². The molecule has 28 heavy (non-hydrogen) atoms. The molecule has 1 amide bonds. The van der Waals surface area contributed by atoms with E-state index in [0.717, 1.165) is 36.1 Å². The van der Waals surface area contributed by atoms with Crippen molar-refractivity contribution in [3.05, 3.63) is 64.8 Å². The van der Waals surface area contributed by atoms with E-state index >= 15 is 0 Å². The van der Waals surface area contributed by atoms with Crippen LogP contribution in [0, 0.1) is 6.92 Å². The van der Waals surface area contributed by atoms with E-state index in [1.807, 2.05) is 37.3 Å². The molecule has 3 aromatic heterocycles. The number of amides is 1. The lowest BCUT2D eigenvalue weighted by Crippen LogP contribution is -2.25. The SMILES string of the molecule is Cc1noc2nc3c(c(C(=O)NCc4coc(-c5ccccc5)n4)c12)CCC3. The maximum atomic E-state index is 13.1. The van der Waals surface area contributed by atoms with Crippen molar-refractivity contribution in [2.75, 3.05) is 0 Å². The fourth-order valence-corrected chi connectivity index (χ4v) is 3.73. The number of oxazole rings is 1. The standard InChI is InChI=1S/C21H18N4O3/c1-12-17-18(15-8-5-9-16(15)24-21(17)28-25-12)19(26)22-10-14-11-27-20(23-14)13-6-3-2-4-7-13/h2-4,6-7,11H,5,8-10H2,1H3,(H,22,26). The normalized spacial score (nSPS) is 13.0. The molecule has 0 atom stereocenters. The van der Waals surface area contributed by atoms with Gasteiger partial charge < -0.3 is 14.3 Å². The summed E-state index contributed by atoms with van der Waals surface area (Å²) in [7, 11) is 0. The molecule has 7 heteroatoms. The molecular formula is C21H18N4O3. The van der Waals surface area contributed by atoms with Gasteiger partial charge in [0.2, 0.25) is 5.89 Å². The van der Waals surface area contributed by atoms with Gasteiger partial charge in [0.15, 0.2) is 0 Å². The average molecular weight is 374 g/mol. The number of hydrogen-bond donors (Lipinski definition) is 1. The van der Waals surface area contributed by atoms with E-state index in [0.29, 0.717) is 33.9 Å². The first-order valence-corrected chi connectivity index (χ1v) is 9.26. The summed E-state index contributed by atoms with van der Waals surface area (Å²) in [5, 5.41) is 7.65. The number of benzene rings is 1. The van der Waals surface area contributed by atoms with Crippen molar-refractivity contribution in [1.82, 2.24) is 20.4 Å². The molecule has 0 radical (unpaired) electrons. The number of pyridine rings is 1. The van der Waals surface area contributed by atoms with Gasteiger partial charge >= 0.3 is 0 Å². The Kier molecular flexibility index (Phi) is 3.93. The highest BCUT2D eigenvalue weighted by Gasteiger charge is 2.27. The van der Waals surface area contributed by atoms with Gasteiger partial charge in [-0.1, -0.05) is 23.4 Å². The minimum atomic E-state index is -0.166. The van der Waals surface area contributed by atoms with E-state index in [-0.39, 0.29) is 12.5 Å². The summed E-state index contributed by atoms with van der Waals surface area (Å²) < 4.78 is 10.9. The number of carbonyl (C=O) groups is 1. The van der Waals surface area contributed by atoms with E-state index < -0.39 is 0 Å². The van der Waals surface area contributed by atoms with E-state index in [2.05, 4.69) is 20.4 Å². The van der Waals surface area contributed by atoms with Crippen LogP contribution in [-0.4, -0.2) is 21.0 Å². The second-order valence-corrected chi connectivity index (χ2v) is 6.91. The molecule has 140 valence electrons. The Bertz CT molecular complexity index is 1180. The number of nitrogens with zero attached hydrogens (tertiary/aromatic N) is 3. The molecule has 0 bridgehead atoms. The van der Waals surface area contributed by atoms with Crippen molar-refractivity contribution in [3.8, 4) is 11.5 Å². The van der Waals surface area contributed by atoms with Gasteiger partial charge in [0.25, 0.3) is 11.6 Å². The molecule has 0 spiro atoms. The maximum Gasteiger partial charge on any atom is 0.259 e. The second-order valence-electron chi connectivity index (χ2n) is 6.91. The lowest BCUT2D eigenvalue weighted by Gasteiger charge is -2.09. The van der Waals surface area contributed by atoms with Gasteiger partial charge in [-0.3, -0.25) is 4.79 Å². The van der Waals surface area contributed by atoms with Crippen LogP contribution >= 0.6 is 0 Å². The molecular weight excluding hydrogens is 356 g/mol. The van der Waals surface area contributed by atoms with Crippen LogP contribution in [0.3, 0.4) is 0 Å². The van der Waals surface area contributed by atoms with E-state index in [9.17, 15) is 4.79 Å². The van der Waals surface area contributed by atoms with Crippen LogP contribution in [0.15, 0.2) is 45.5 Å². The molecule has 7 nitrogen and oxygen atoms in total. The van der Waals surface area contributed by atoms with Crippen molar-refractivity contribution >= 4 is 17.0 Å². The van der Waals surface area contributed by atoms with Crippen LogP contribution in [-0.2, 0) is 19.4 Å². The van der Waals surface area contributed by atoms with Crippen LogP contribution in [0.25, 0.3) is 22.6 Å². The summed E-state index contributed by atoms with van der Waals surface area (Å²) in [6.07, 6.45) is 4.26. The van der Waals surface area contributed by atoms with E-state index in [4.69, 9.17) is 8.94 Å². The molecule has 1 N–H and O–H groups in total. The molecule has 0 aliphatic heterocycles. The van der Waals surface area contributed by atoms with E-state index in [1.165, 1.54) is 0 Å². The molecule has 3 heterocycles. The molecule has 4 aromatic rings. The summed E-state index contributed by atoms with van der Waals surface area (Å²) >= 11 is 0. The zero-order valence-electron chi connectivity index (χ0n) is 15.4. The molecule has 1 aliphatic rings. The largest absolute Gasteiger partial charge is 0.444 e. The summed E-state index contributed by atoms with van der Waals surface area (Å²) in [5.74, 6) is 0.369. The lowest BCUT2D eigenvalue weighted by molar-refractivity contribution is 0.0951. The van der Waals surface area contributed by atoms with E-state index in [1.54, 1.807) is 6.26 Å². The minimum Gasteiger partial charge on any atom is -0.444 e. The number of fused-ring (bicyclic) bond motifs is 2. The van der Waals surface area contributed by atoms with Crippen LogP contribution in [0.5, 0.6) is 0 Å². The number of nitrogens with one attached hydrogen (secondary N) is 1. The fraction of sp³-hybridized carbons (Fsp3) is 0.238. The second kappa shape index (κ2) is 6.60. The third-order valence-electron chi connectivity index (χ3n) is 5.05. The lowest BCUT2D eigenvalue weighted by atomic mass is 10.0. The van der Waals surface area contributed by atoms with Crippen molar-refractivity contribution in [2.24, 2.45) is 0 Å². The van der Waals surface area contributed by atoms with Gasteiger partial charge in [-0.05, 0) is 43.9 Å². The van der Waals surface area contributed by atoms with Crippen LogP contribution in [0.4, 0.5) is 0 Å². The van der Waals surface area contributed by atoms with Crippen molar-refractivity contribution in [1.29, 1.82) is 0 Å². The smallest absolute Gasteiger partial charge is 0.259 e. The monoisotopic (exact) mass is 374 g/mol. The van der Waals surface area contributed by atoms with Crippen LogP contribution in [0.2, 0.25) is 0 Å². The highest BCUT2D eigenvalue weighted by Crippen LogP contribution is 2.31. The molecule has 0 fully saturated rings. The topological polar surface area (TPSA) is 94.0 Å². The predicted octanol–water partition coefficient (Wildman–Crippen LogP) is 3.60. The fourth-order valence-electron chi connectivity index (χ4n) is 3.73. The average Bonchev–Trinajstić information content (AvgIpc) is 3.45. The van der Waals surface area contributed by atoms with Gasteiger partial charge in [-0.25, -0.2) is 9.97 Å². The number of aromatic nitrogens is 3. The Balaban J connectivity index is 1.41. The summed E-state index contributed by atoms with van der Waals surface area (Å²) in [6, 6.07) is 9.66. The summed E-state index contributed by atoms with van der Waals surface area (Å²) in [6.45, 7) is 2.10. The molecule has 1 aromatic carbocycles. The zero-order chi connectivity index (χ0) is 19.1. The highest BCUT2D eigenvalue weighted by atomic mass is 16.5. The first kappa shape index (κ1) is 16.7. The van der Waals surface area contributed by atoms with Crippen molar-refractivity contribution in [2.45, 2.75) is 32.7 Å². The predicted molar refractivity (Wildman–Crippen MR) is 102 cm³/mol. The van der Waals surface area contributed by atoms with Gasteiger partial charge in [0.05, 0.1) is 28.9 Å². The van der Waals surface area contributed by atoms with Crippen molar-refractivity contribution in [3.63, 3.8) is 0 Å². The molecule has 5 rings (SSSR count). The third kappa shape index (κ3) is 2.76. The first-order chi connectivity index (χ1) is 13.7. The maximum absolute atomic E-state index is 13.1. The number of rotatable bonds is 4. The number of hydrogen-bond acceptors (Lipinski definition) is 6. The Morgan fingerprint density at radius 3 is 2.89 bits per heavy atom. The molecule has 0 saturated heterocycles. The highest BCUT2D eigenvalue weighted by molar-refractivity contribution is 6.07. The third-order valence-corrected chi connectivity index (χ3v) is 5.05.